The van der Waals surface area contributed by atoms with Crippen LogP contribution in [0.4, 0.5) is 4.39 Å². The average molecular weight is 264 g/mol. The van der Waals surface area contributed by atoms with Crippen molar-refractivity contribution in [2.45, 2.75) is 25.8 Å². The Balaban J connectivity index is 2.16. The van der Waals surface area contributed by atoms with Gasteiger partial charge in [0.2, 0.25) is 0 Å². The van der Waals surface area contributed by atoms with Gasteiger partial charge in [0.1, 0.15) is 5.82 Å². The molecule has 96 valence electrons. The van der Waals surface area contributed by atoms with Gasteiger partial charge >= 0.3 is 0 Å². The number of hydrogen-bond donors (Lipinski definition) is 1. The van der Waals surface area contributed by atoms with E-state index in [1.54, 1.807) is 23.6 Å². The number of nitrogens with zero attached hydrogens (tertiary/aromatic N) is 1. The van der Waals surface area contributed by atoms with Crippen LogP contribution in [-0.2, 0) is 6.42 Å². The van der Waals surface area contributed by atoms with Crippen LogP contribution in [0, 0.1) is 5.82 Å². The summed E-state index contributed by atoms with van der Waals surface area (Å²) in [4.78, 5) is 3.80. The fraction of sp³-hybridized carbons (Fsp3) is 0.357. The van der Waals surface area contributed by atoms with Gasteiger partial charge in [0.05, 0.1) is 6.20 Å². The summed E-state index contributed by atoms with van der Waals surface area (Å²) in [7, 11) is 0. The van der Waals surface area contributed by atoms with E-state index in [-0.39, 0.29) is 11.9 Å². The number of halogens is 1. The fourth-order valence-electron chi connectivity index (χ4n) is 1.92. The Labute approximate surface area is 111 Å². The van der Waals surface area contributed by atoms with Gasteiger partial charge in [-0.3, -0.25) is 4.98 Å². The molecule has 0 spiro atoms. The molecule has 4 heteroatoms. The molecule has 2 aromatic rings. The number of hydrogen-bond acceptors (Lipinski definition) is 3. The lowest BCUT2D eigenvalue weighted by molar-refractivity contribution is 0.495. The zero-order valence-corrected chi connectivity index (χ0v) is 11.2. The van der Waals surface area contributed by atoms with E-state index < -0.39 is 0 Å². The first-order chi connectivity index (χ1) is 8.81. The van der Waals surface area contributed by atoms with Crippen molar-refractivity contribution in [2.24, 2.45) is 0 Å². The first kappa shape index (κ1) is 13.2. The Morgan fingerprint density at radius 2 is 2.33 bits per heavy atom. The van der Waals surface area contributed by atoms with Gasteiger partial charge in [-0.2, -0.15) is 11.3 Å². The van der Waals surface area contributed by atoms with Crippen molar-refractivity contribution in [3.05, 3.63) is 52.2 Å². The lowest BCUT2D eigenvalue weighted by atomic mass is 10.0. The van der Waals surface area contributed by atoms with E-state index in [4.69, 9.17) is 0 Å². The molecule has 2 nitrogen and oxygen atoms in total. The lowest BCUT2D eigenvalue weighted by Gasteiger charge is -2.18. The van der Waals surface area contributed by atoms with E-state index in [0.717, 1.165) is 19.4 Å². The topological polar surface area (TPSA) is 24.9 Å². The van der Waals surface area contributed by atoms with Crippen LogP contribution in [0.15, 0.2) is 35.3 Å². The number of aromatic nitrogens is 1. The summed E-state index contributed by atoms with van der Waals surface area (Å²) < 4.78 is 13.8. The normalized spacial score (nSPS) is 12.6. The summed E-state index contributed by atoms with van der Waals surface area (Å²) in [5.74, 6) is -0.235. The number of pyridine rings is 1. The smallest absolute Gasteiger partial charge is 0.146 e. The molecule has 0 aliphatic carbocycles. The zero-order chi connectivity index (χ0) is 12.8. The monoisotopic (exact) mass is 264 g/mol. The number of thiophene rings is 1. The molecule has 0 radical (unpaired) electrons. The van der Waals surface area contributed by atoms with Crippen LogP contribution in [0.5, 0.6) is 0 Å². The first-order valence-corrected chi connectivity index (χ1v) is 7.09. The highest BCUT2D eigenvalue weighted by molar-refractivity contribution is 7.07. The van der Waals surface area contributed by atoms with E-state index >= 15 is 0 Å². The molecule has 0 amide bonds. The molecule has 0 aromatic carbocycles. The molecule has 0 saturated heterocycles. The van der Waals surface area contributed by atoms with Crippen molar-refractivity contribution in [3.63, 3.8) is 0 Å². The molecular weight excluding hydrogens is 247 g/mol. The van der Waals surface area contributed by atoms with Gasteiger partial charge in [-0.15, -0.1) is 0 Å². The summed E-state index contributed by atoms with van der Waals surface area (Å²) >= 11 is 1.67. The molecular formula is C14H17FN2S. The highest BCUT2D eigenvalue weighted by atomic mass is 32.1. The second kappa shape index (κ2) is 6.61. The van der Waals surface area contributed by atoms with Crippen molar-refractivity contribution >= 4 is 11.3 Å². The van der Waals surface area contributed by atoms with Crippen LogP contribution < -0.4 is 5.32 Å². The Morgan fingerprint density at radius 3 is 3.00 bits per heavy atom. The Kier molecular flexibility index (Phi) is 4.84. The second-order valence-electron chi connectivity index (χ2n) is 4.24. The quantitative estimate of drug-likeness (QED) is 0.863. The summed E-state index contributed by atoms with van der Waals surface area (Å²) in [6, 6.07) is 3.86. The Bertz CT molecular complexity index is 470. The van der Waals surface area contributed by atoms with Gasteiger partial charge in [-0.1, -0.05) is 6.92 Å². The highest BCUT2D eigenvalue weighted by Crippen LogP contribution is 2.21. The van der Waals surface area contributed by atoms with Crippen LogP contribution in [-0.4, -0.2) is 11.5 Å². The molecule has 1 atom stereocenters. The third-order valence-corrected chi connectivity index (χ3v) is 3.57. The fourth-order valence-corrected chi connectivity index (χ4v) is 2.61. The minimum atomic E-state index is -0.235. The molecule has 0 aliphatic heterocycles. The van der Waals surface area contributed by atoms with E-state index in [0.29, 0.717) is 5.56 Å². The summed E-state index contributed by atoms with van der Waals surface area (Å²) in [6.07, 6.45) is 4.77. The van der Waals surface area contributed by atoms with E-state index in [1.165, 1.54) is 11.8 Å². The summed E-state index contributed by atoms with van der Waals surface area (Å²) in [6.45, 7) is 2.99. The SMILES string of the molecule is CCCNC(Cc1ccsc1)c1ccncc1F. The molecule has 0 fully saturated rings. The lowest BCUT2D eigenvalue weighted by Crippen LogP contribution is -2.25. The van der Waals surface area contributed by atoms with Crippen molar-refractivity contribution in [2.75, 3.05) is 6.54 Å². The van der Waals surface area contributed by atoms with Crippen molar-refractivity contribution in [1.29, 1.82) is 0 Å². The first-order valence-electron chi connectivity index (χ1n) is 6.15. The molecule has 1 unspecified atom stereocenters. The van der Waals surface area contributed by atoms with E-state index in [2.05, 4.69) is 34.1 Å². The van der Waals surface area contributed by atoms with Crippen molar-refractivity contribution < 1.29 is 4.39 Å². The van der Waals surface area contributed by atoms with Crippen molar-refractivity contribution in [3.8, 4) is 0 Å². The number of rotatable bonds is 6. The highest BCUT2D eigenvalue weighted by Gasteiger charge is 2.15. The van der Waals surface area contributed by atoms with Crippen LogP contribution in [0.3, 0.4) is 0 Å². The number of nitrogens with one attached hydrogen (secondary N) is 1. The minimum Gasteiger partial charge on any atom is -0.310 e. The van der Waals surface area contributed by atoms with Crippen molar-refractivity contribution in [1.82, 2.24) is 10.3 Å². The predicted octanol–water partition coefficient (Wildman–Crippen LogP) is 3.57. The summed E-state index contributed by atoms with van der Waals surface area (Å²) in [5.41, 5.74) is 1.94. The molecule has 2 heterocycles. The zero-order valence-electron chi connectivity index (χ0n) is 10.4. The van der Waals surface area contributed by atoms with Gasteiger partial charge in [-0.05, 0) is 47.8 Å². The molecule has 0 saturated carbocycles. The maximum absolute atomic E-state index is 13.8. The van der Waals surface area contributed by atoms with Gasteiger partial charge < -0.3 is 5.32 Å². The molecule has 1 N–H and O–H groups in total. The van der Waals surface area contributed by atoms with Crippen LogP contribution >= 0.6 is 11.3 Å². The molecule has 0 aliphatic rings. The molecule has 2 aromatic heterocycles. The predicted molar refractivity (Wildman–Crippen MR) is 73.3 cm³/mol. The Morgan fingerprint density at radius 1 is 1.44 bits per heavy atom. The molecule has 18 heavy (non-hydrogen) atoms. The van der Waals surface area contributed by atoms with Gasteiger partial charge in [0.25, 0.3) is 0 Å². The van der Waals surface area contributed by atoms with E-state index in [9.17, 15) is 4.39 Å². The van der Waals surface area contributed by atoms with Crippen LogP contribution in [0.25, 0.3) is 0 Å². The average Bonchev–Trinajstić information content (AvgIpc) is 2.88. The van der Waals surface area contributed by atoms with E-state index in [1.807, 2.05) is 0 Å². The van der Waals surface area contributed by atoms with Crippen LogP contribution in [0.2, 0.25) is 0 Å². The third-order valence-electron chi connectivity index (χ3n) is 2.84. The second-order valence-corrected chi connectivity index (χ2v) is 5.02. The largest absolute Gasteiger partial charge is 0.310 e. The molecule has 2 rings (SSSR count). The maximum atomic E-state index is 13.8. The van der Waals surface area contributed by atoms with Gasteiger partial charge in [0, 0.05) is 17.8 Å². The van der Waals surface area contributed by atoms with Gasteiger partial charge in [-0.25, -0.2) is 4.39 Å². The standard InChI is InChI=1S/C14H17FN2S/c1-2-5-17-14(8-11-4-7-18-10-11)12-3-6-16-9-13(12)15/h3-4,6-7,9-10,14,17H,2,5,8H2,1H3. The van der Waals surface area contributed by atoms with Gasteiger partial charge in [0.15, 0.2) is 0 Å². The summed E-state index contributed by atoms with van der Waals surface area (Å²) in [5, 5.41) is 7.56. The third kappa shape index (κ3) is 3.37. The maximum Gasteiger partial charge on any atom is 0.146 e. The molecule has 0 bridgehead atoms. The minimum absolute atomic E-state index is 0.0162. The van der Waals surface area contributed by atoms with Crippen LogP contribution in [0.1, 0.15) is 30.5 Å². The Hall–Kier alpha value is -1.26.